The minimum atomic E-state index is -0.237. The number of aromatic nitrogens is 2. The highest BCUT2D eigenvalue weighted by Gasteiger charge is 2.13. The summed E-state index contributed by atoms with van der Waals surface area (Å²) in [7, 11) is 0. The van der Waals surface area contributed by atoms with Gasteiger partial charge in [0.05, 0.1) is 17.1 Å². The molecular weight excluding hydrogens is 466 g/mol. The summed E-state index contributed by atoms with van der Waals surface area (Å²) in [5.74, 6) is 1.72. The van der Waals surface area contributed by atoms with Crippen LogP contribution >= 0.6 is 15.9 Å². The fourth-order valence-electron chi connectivity index (χ4n) is 3.51. The summed E-state index contributed by atoms with van der Waals surface area (Å²) in [6.07, 6.45) is 1.54. The molecule has 0 unspecified atom stereocenters. The van der Waals surface area contributed by atoms with E-state index in [0.717, 1.165) is 21.2 Å². The molecule has 0 N–H and O–H groups in total. The molecule has 0 spiro atoms. The number of aryl methyl sites for hydroxylation is 1. The second-order valence-electron chi connectivity index (χ2n) is 7.37. The quantitative estimate of drug-likeness (QED) is 0.282. The molecule has 5 nitrogen and oxygen atoms in total. The highest BCUT2D eigenvalue weighted by Crippen LogP contribution is 2.30. The number of para-hydroxylation sites is 1. The zero-order valence-electron chi connectivity index (χ0n) is 17.2. The molecule has 156 valence electrons. The van der Waals surface area contributed by atoms with Crippen molar-refractivity contribution in [2.45, 2.75) is 6.92 Å². The maximum atomic E-state index is 13.2. The van der Waals surface area contributed by atoms with E-state index >= 15 is 0 Å². The first-order valence-corrected chi connectivity index (χ1v) is 10.9. The van der Waals surface area contributed by atoms with E-state index in [-0.39, 0.29) is 5.56 Å². The van der Waals surface area contributed by atoms with E-state index in [1.165, 1.54) is 10.9 Å². The second kappa shape index (κ2) is 8.40. The largest absolute Gasteiger partial charge is 0.455 e. The highest BCUT2D eigenvalue weighted by atomic mass is 79.9. The minimum Gasteiger partial charge on any atom is -0.455 e. The van der Waals surface area contributed by atoms with Gasteiger partial charge in [-0.1, -0.05) is 64.5 Å². The molecule has 0 aliphatic rings. The summed E-state index contributed by atoms with van der Waals surface area (Å²) >= 11 is 3.59. The highest BCUT2D eigenvalue weighted by molar-refractivity contribution is 9.10. The Morgan fingerprint density at radius 3 is 2.56 bits per heavy atom. The van der Waals surface area contributed by atoms with Crippen molar-refractivity contribution >= 4 is 33.0 Å². The van der Waals surface area contributed by atoms with Crippen molar-refractivity contribution in [2.75, 3.05) is 0 Å². The first-order valence-electron chi connectivity index (χ1n) is 10.1. The molecule has 3 aromatic carbocycles. The van der Waals surface area contributed by atoms with Crippen molar-refractivity contribution < 1.29 is 4.42 Å². The standard InChI is InChI=1S/C26H18BrN3O2/c1-17-11-13-20(22(27)15-17)24-14-12-19(32-24)16-28-30-25(18-7-3-2-4-8-18)29-23-10-6-5-9-21(23)26(30)31/h2-16H,1H3. The van der Waals surface area contributed by atoms with Gasteiger partial charge in [-0.2, -0.15) is 9.78 Å². The summed E-state index contributed by atoms with van der Waals surface area (Å²) in [4.78, 5) is 17.9. The molecule has 32 heavy (non-hydrogen) atoms. The Kier molecular flexibility index (Phi) is 5.29. The van der Waals surface area contributed by atoms with Crippen molar-refractivity contribution in [1.29, 1.82) is 0 Å². The predicted molar refractivity (Wildman–Crippen MR) is 131 cm³/mol. The summed E-state index contributed by atoms with van der Waals surface area (Å²) in [5, 5.41) is 4.96. The average Bonchev–Trinajstić information content (AvgIpc) is 3.27. The number of hydrogen-bond donors (Lipinski definition) is 0. The van der Waals surface area contributed by atoms with Crippen LogP contribution in [-0.4, -0.2) is 15.9 Å². The topological polar surface area (TPSA) is 60.4 Å². The molecule has 0 atom stereocenters. The minimum absolute atomic E-state index is 0.237. The normalized spacial score (nSPS) is 11.4. The van der Waals surface area contributed by atoms with Crippen molar-refractivity contribution in [2.24, 2.45) is 5.10 Å². The summed E-state index contributed by atoms with van der Waals surface area (Å²) in [6.45, 7) is 2.04. The van der Waals surface area contributed by atoms with Gasteiger partial charge < -0.3 is 4.42 Å². The molecule has 6 heteroatoms. The molecular formula is C26H18BrN3O2. The van der Waals surface area contributed by atoms with E-state index in [1.54, 1.807) is 6.07 Å². The first-order chi connectivity index (χ1) is 15.6. The molecule has 0 saturated carbocycles. The van der Waals surface area contributed by atoms with Gasteiger partial charge in [0.25, 0.3) is 5.56 Å². The third-order valence-corrected chi connectivity index (χ3v) is 5.76. The van der Waals surface area contributed by atoms with Gasteiger partial charge in [0.2, 0.25) is 0 Å². The molecule has 0 aliphatic heterocycles. The Morgan fingerprint density at radius 2 is 1.75 bits per heavy atom. The lowest BCUT2D eigenvalue weighted by Crippen LogP contribution is -2.20. The number of furan rings is 1. The van der Waals surface area contributed by atoms with E-state index in [0.29, 0.717) is 28.2 Å². The number of hydrogen-bond acceptors (Lipinski definition) is 4. The van der Waals surface area contributed by atoms with Crippen LogP contribution < -0.4 is 5.56 Å². The van der Waals surface area contributed by atoms with E-state index < -0.39 is 0 Å². The van der Waals surface area contributed by atoms with Crippen LogP contribution in [0.3, 0.4) is 0 Å². The smallest absolute Gasteiger partial charge is 0.282 e. The monoisotopic (exact) mass is 483 g/mol. The maximum Gasteiger partial charge on any atom is 0.282 e. The van der Waals surface area contributed by atoms with E-state index in [4.69, 9.17) is 9.40 Å². The van der Waals surface area contributed by atoms with Crippen LogP contribution in [0.1, 0.15) is 11.3 Å². The fourth-order valence-corrected chi connectivity index (χ4v) is 4.20. The molecule has 0 bridgehead atoms. The van der Waals surface area contributed by atoms with Gasteiger partial charge in [-0.25, -0.2) is 4.98 Å². The maximum absolute atomic E-state index is 13.2. The van der Waals surface area contributed by atoms with Crippen molar-refractivity contribution in [3.8, 4) is 22.7 Å². The molecule has 0 saturated heterocycles. The van der Waals surface area contributed by atoms with Crippen LogP contribution in [0.15, 0.2) is 104 Å². The van der Waals surface area contributed by atoms with E-state index in [1.807, 2.05) is 85.8 Å². The van der Waals surface area contributed by atoms with Crippen LogP contribution in [0.4, 0.5) is 0 Å². The Bertz CT molecular complexity index is 1520. The Hall–Kier alpha value is -3.77. The lowest BCUT2D eigenvalue weighted by molar-refractivity contribution is 0.573. The van der Waals surface area contributed by atoms with Crippen LogP contribution in [-0.2, 0) is 0 Å². The fraction of sp³-hybridized carbons (Fsp3) is 0.0385. The zero-order chi connectivity index (χ0) is 22.1. The zero-order valence-corrected chi connectivity index (χ0v) is 18.8. The lowest BCUT2D eigenvalue weighted by Gasteiger charge is -2.09. The first kappa shape index (κ1) is 20.2. The van der Waals surface area contributed by atoms with Crippen molar-refractivity contribution in [1.82, 2.24) is 9.66 Å². The van der Waals surface area contributed by atoms with E-state index in [2.05, 4.69) is 21.0 Å². The summed E-state index contributed by atoms with van der Waals surface area (Å²) in [6, 6.07) is 26.6. The summed E-state index contributed by atoms with van der Waals surface area (Å²) in [5.41, 5.74) is 3.30. The number of nitrogens with zero attached hydrogens (tertiary/aromatic N) is 3. The number of rotatable bonds is 4. The Morgan fingerprint density at radius 1 is 0.969 bits per heavy atom. The Balaban J connectivity index is 1.59. The lowest BCUT2D eigenvalue weighted by atomic mass is 10.1. The third kappa shape index (κ3) is 3.81. The molecule has 0 fully saturated rings. The van der Waals surface area contributed by atoms with Crippen LogP contribution in [0.2, 0.25) is 0 Å². The van der Waals surface area contributed by atoms with Gasteiger partial charge in [0, 0.05) is 15.6 Å². The summed E-state index contributed by atoms with van der Waals surface area (Å²) < 4.78 is 8.25. The molecule has 0 radical (unpaired) electrons. The average molecular weight is 484 g/mol. The van der Waals surface area contributed by atoms with Crippen LogP contribution in [0.5, 0.6) is 0 Å². The van der Waals surface area contributed by atoms with Gasteiger partial charge >= 0.3 is 0 Å². The molecule has 2 aromatic heterocycles. The molecule has 5 rings (SSSR count). The van der Waals surface area contributed by atoms with Crippen LogP contribution in [0, 0.1) is 6.92 Å². The van der Waals surface area contributed by atoms with Gasteiger partial charge in [-0.3, -0.25) is 4.79 Å². The number of halogens is 1. The molecule has 0 aliphatic carbocycles. The van der Waals surface area contributed by atoms with Gasteiger partial charge in [0.15, 0.2) is 5.82 Å². The van der Waals surface area contributed by atoms with E-state index in [9.17, 15) is 4.79 Å². The number of benzene rings is 3. The number of fused-ring (bicyclic) bond motifs is 1. The Labute approximate surface area is 192 Å². The third-order valence-electron chi connectivity index (χ3n) is 5.10. The second-order valence-corrected chi connectivity index (χ2v) is 8.22. The van der Waals surface area contributed by atoms with Crippen LogP contribution in [0.25, 0.3) is 33.6 Å². The molecule has 2 heterocycles. The van der Waals surface area contributed by atoms with Gasteiger partial charge in [-0.15, -0.1) is 0 Å². The van der Waals surface area contributed by atoms with Gasteiger partial charge in [-0.05, 0) is 48.9 Å². The van der Waals surface area contributed by atoms with Gasteiger partial charge in [0.1, 0.15) is 11.5 Å². The van der Waals surface area contributed by atoms with Crippen molar-refractivity contribution in [3.05, 3.63) is 111 Å². The molecule has 5 aromatic rings. The molecule has 0 amide bonds. The van der Waals surface area contributed by atoms with Crippen molar-refractivity contribution in [3.63, 3.8) is 0 Å². The SMILES string of the molecule is Cc1ccc(-c2ccc(C=Nn3c(-c4ccccc4)nc4ccccc4c3=O)o2)c(Br)c1. The predicted octanol–water partition coefficient (Wildman–Crippen LogP) is 6.28.